The Morgan fingerprint density at radius 1 is 1.25 bits per heavy atom. The maximum Gasteiger partial charge on any atom is 0.254 e. The molecule has 0 aliphatic carbocycles. The molecule has 0 bridgehead atoms. The lowest BCUT2D eigenvalue weighted by atomic mass is 10.1. The third-order valence-electron chi connectivity index (χ3n) is 3.49. The van der Waals surface area contributed by atoms with Crippen molar-refractivity contribution in [2.24, 2.45) is 0 Å². The third kappa shape index (κ3) is 3.48. The van der Waals surface area contributed by atoms with Crippen LogP contribution < -0.4 is 14.7 Å². The number of ether oxygens (including phenoxy) is 1. The van der Waals surface area contributed by atoms with Gasteiger partial charge >= 0.3 is 0 Å². The molecule has 0 unspecified atom stereocenters. The molecule has 1 aliphatic heterocycles. The minimum Gasteiger partial charge on any atom is -0.544 e. The summed E-state index contributed by atoms with van der Waals surface area (Å²) in [6, 6.07) is 6.98. The third-order valence-corrected chi connectivity index (χ3v) is 3.49. The molecule has 1 aliphatic rings. The number of rotatable bonds is 4. The van der Waals surface area contributed by atoms with Crippen molar-refractivity contribution in [3.8, 4) is 5.75 Å². The Morgan fingerprint density at radius 2 is 1.85 bits per heavy atom. The van der Waals surface area contributed by atoms with E-state index in [0.717, 1.165) is 4.90 Å². The van der Waals surface area contributed by atoms with Crippen LogP contribution >= 0.6 is 0 Å². The number of carbonyl (C=O) groups excluding carboxylic acids is 2. The Kier molecular flexibility index (Phi) is 4.57. The van der Waals surface area contributed by atoms with Crippen molar-refractivity contribution in [2.45, 2.75) is 0 Å². The Hall–Kier alpha value is -2.08. The lowest BCUT2D eigenvalue weighted by Gasteiger charge is -2.32. The van der Waals surface area contributed by atoms with E-state index in [-0.39, 0.29) is 12.5 Å². The highest BCUT2D eigenvalue weighted by Gasteiger charge is 2.24. The fraction of sp³-hybridized carbons (Fsp3) is 0.429. The first kappa shape index (κ1) is 14.3. The topological polar surface area (TPSA) is 74.1 Å². The molecule has 1 saturated heterocycles. The van der Waals surface area contributed by atoms with Gasteiger partial charge < -0.3 is 24.4 Å². The molecule has 0 spiro atoms. The van der Waals surface area contributed by atoms with Crippen LogP contribution in [0.3, 0.4) is 0 Å². The van der Waals surface area contributed by atoms with Gasteiger partial charge in [0.25, 0.3) is 5.91 Å². The highest BCUT2D eigenvalue weighted by molar-refractivity contribution is 5.94. The van der Waals surface area contributed by atoms with Crippen LogP contribution in [0.4, 0.5) is 0 Å². The summed E-state index contributed by atoms with van der Waals surface area (Å²) in [5, 5.41) is 10.5. The predicted octanol–water partition coefficient (Wildman–Crippen LogP) is -2.21. The van der Waals surface area contributed by atoms with E-state index in [2.05, 4.69) is 0 Å². The van der Waals surface area contributed by atoms with E-state index in [1.165, 1.54) is 0 Å². The van der Waals surface area contributed by atoms with Crippen molar-refractivity contribution >= 4 is 11.9 Å². The largest absolute Gasteiger partial charge is 0.544 e. The second kappa shape index (κ2) is 6.38. The maximum absolute atomic E-state index is 12.3. The normalized spacial score (nSPS) is 15.9. The molecule has 1 aromatic carbocycles. The zero-order valence-corrected chi connectivity index (χ0v) is 11.4. The van der Waals surface area contributed by atoms with E-state index < -0.39 is 5.97 Å². The number of carbonyl (C=O) groups is 2. The Balaban J connectivity index is 1.92. The van der Waals surface area contributed by atoms with Gasteiger partial charge in [-0.3, -0.25) is 4.79 Å². The quantitative estimate of drug-likeness (QED) is 0.677. The highest BCUT2D eigenvalue weighted by Crippen LogP contribution is 2.13. The first-order chi connectivity index (χ1) is 9.60. The van der Waals surface area contributed by atoms with Crippen molar-refractivity contribution in [3.63, 3.8) is 0 Å². The highest BCUT2D eigenvalue weighted by atomic mass is 16.5. The van der Waals surface area contributed by atoms with E-state index in [0.29, 0.717) is 37.5 Å². The number of hydrogen-bond acceptors (Lipinski definition) is 4. The van der Waals surface area contributed by atoms with Gasteiger partial charge in [0.1, 0.15) is 12.3 Å². The predicted molar refractivity (Wildman–Crippen MR) is 69.5 cm³/mol. The first-order valence-corrected chi connectivity index (χ1v) is 6.57. The fourth-order valence-electron chi connectivity index (χ4n) is 2.32. The number of carboxylic acids is 1. The van der Waals surface area contributed by atoms with Gasteiger partial charge in [-0.25, -0.2) is 0 Å². The van der Waals surface area contributed by atoms with Crippen molar-refractivity contribution in [2.75, 3.05) is 39.8 Å². The molecule has 0 radical (unpaired) electrons. The number of nitrogens with one attached hydrogen (secondary N) is 1. The van der Waals surface area contributed by atoms with Crippen molar-refractivity contribution < 1.29 is 24.3 Å². The zero-order chi connectivity index (χ0) is 14.5. The molecular formula is C14H18N2O4. The summed E-state index contributed by atoms with van der Waals surface area (Å²) in [5.41, 5.74) is 0.620. The van der Waals surface area contributed by atoms with Gasteiger partial charge in [-0.05, 0) is 24.3 Å². The second-order valence-corrected chi connectivity index (χ2v) is 4.82. The molecule has 2 rings (SSSR count). The number of methoxy groups -OCH3 is 1. The van der Waals surface area contributed by atoms with Crippen LogP contribution in [0.5, 0.6) is 5.75 Å². The summed E-state index contributed by atoms with van der Waals surface area (Å²) < 4.78 is 5.06. The molecule has 1 aromatic rings. The van der Waals surface area contributed by atoms with Crippen molar-refractivity contribution in [3.05, 3.63) is 29.8 Å². The summed E-state index contributed by atoms with van der Waals surface area (Å²) in [4.78, 5) is 25.5. The lowest BCUT2D eigenvalue weighted by molar-refractivity contribution is -0.898. The fourth-order valence-corrected chi connectivity index (χ4v) is 2.32. The van der Waals surface area contributed by atoms with Crippen LogP contribution in [0.25, 0.3) is 0 Å². The maximum atomic E-state index is 12.3. The van der Waals surface area contributed by atoms with Crippen LogP contribution in [0.1, 0.15) is 10.4 Å². The number of carboxylic acid groups (broad SMARTS) is 1. The second-order valence-electron chi connectivity index (χ2n) is 4.82. The summed E-state index contributed by atoms with van der Waals surface area (Å²) in [7, 11) is 1.58. The summed E-state index contributed by atoms with van der Waals surface area (Å²) in [5.74, 6) is -0.361. The molecule has 1 fully saturated rings. The number of hydrogen-bond donors (Lipinski definition) is 1. The molecule has 0 aromatic heterocycles. The van der Waals surface area contributed by atoms with E-state index in [1.54, 1.807) is 36.3 Å². The van der Waals surface area contributed by atoms with Gasteiger partial charge in [-0.1, -0.05) is 0 Å². The molecule has 6 nitrogen and oxygen atoms in total. The SMILES string of the molecule is COc1ccc(C(=O)N2CC[NH+](CC(=O)[O-])CC2)cc1. The smallest absolute Gasteiger partial charge is 0.254 e. The zero-order valence-electron chi connectivity index (χ0n) is 11.4. The van der Waals surface area contributed by atoms with Crippen LogP contribution in [0.2, 0.25) is 0 Å². The average Bonchev–Trinajstić information content (AvgIpc) is 2.47. The number of benzene rings is 1. The molecule has 0 saturated carbocycles. The van der Waals surface area contributed by atoms with Crippen LogP contribution in [0, 0.1) is 0 Å². The summed E-state index contributed by atoms with van der Waals surface area (Å²) in [6.07, 6.45) is 0. The van der Waals surface area contributed by atoms with Crippen molar-refractivity contribution in [1.29, 1.82) is 0 Å². The van der Waals surface area contributed by atoms with Crippen molar-refractivity contribution in [1.82, 2.24) is 4.90 Å². The van der Waals surface area contributed by atoms with Crippen LogP contribution in [0.15, 0.2) is 24.3 Å². The van der Waals surface area contributed by atoms with E-state index >= 15 is 0 Å². The lowest BCUT2D eigenvalue weighted by Crippen LogP contribution is -3.16. The van der Waals surface area contributed by atoms with Gasteiger partial charge in [0.15, 0.2) is 0 Å². The number of amides is 1. The van der Waals surface area contributed by atoms with Crippen LogP contribution in [-0.4, -0.2) is 56.6 Å². The Labute approximate surface area is 117 Å². The molecule has 0 atom stereocenters. The number of quaternary nitrogens is 1. The molecule has 1 N–H and O–H groups in total. The molecule has 20 heavy (non-hydrogen) atoms. The summed E-state index contributed by atoms with van der Waals surface area (Å²) >= 11 is 0. The van der Waals surface area contributed by atoms with Gasteiger partial charge in [0.05, 0.1) is 39.3 Å². The molecular weight excluding hydrogens is 260 g/mol. The number of piperazine rings is 1. The molecule has 1 amide bonds. The molecule has 108 valence electrons. The molecule has 6 heteroatoms. The van der Waals surface area contributed by atoms with Crippen LogP contribution in [-0.2, 0) is 4.79 Å². The minimum atomic E-state index is -1.05. The van der Waals surface area contributed by atoms with E-state index in [9.17, 15) is 14.7 Å². The van der Waals surface area contributed by atoms with E-state index in [1.807, 2.05) is 0 Å². The number of aliphatic carboxylic acids is 1. The van der Waals surface area contributed by atoms with Gasteiger partial charge in [-0.15, -0.1) is 0 Å². The summed E-state index contributed by atoms with van der Waals surface area (Å²) in [6.45, 7) is 2.40. The molecule has 1 heterocycles. The Bertz CT molecular complexity index is 478. The van der Waals surface area contributed by atoms with Gasteiger partial charge in [0, 0.05) is 5.56 Å². The minimum absolute atomic E-state index is 0.00453. The number of nitrogens with zero attached hydrogens (tertiary/aromatic N) is 1. The van der Waals surface area contributed by atoms with Gasteiger partial charge in [0.2, 0.25) is 0 Å². The van der Waals surface area contributed by atoms with E-state index in [4.69, 9.17) is 4.74 Å². The first-order valence-electron chi connectivity index (χ1n) is 6.57. The monoisotopic (exact) mass is 278 g/mol. The Morgan fingerprint density at radius 3 is 2.35 bits per heavy atom. The average molecular weight is 278 g/mol. The van der Waals surface area contributed by atoms with Gasteiger partial charge in [-0.2, -0.15) is 0 Å². The standard InChI is InChI=1S/C14H18N2O4/c1-20-12-4-2-11(3-5-12)14(19)16-8-6-15(7-9-16)10-13(17)18/h2-5H,6-10H2,1H3,(H,17,18).